The summed E-state index contributed by atoms with van der Waals surface area (Å²) in [5.74, 6) is 0.342. The molecule has 1 unspecified atom stereocenters. The lowest BCUT2D eigenvalue weighted by Gasteiger charge is -2.37. The number of amides is 1. The minimum absolute atomic E-state index is 0.0246. The molecule has 0 spiro atoms. The van der Waals surface area contributed by atoms with Crippen LogP contribution in [-0.4, -0.2) is 42.3 Å². The van der Waals surface area contributed by atoms with E-state index < -0.39 is 5.60 Å². The molecule has 0 radical (unpaired) electrons. The van der Waals surface area contributed by atoms with Gasteiger partial charge in [0.2, 0.25) is 0 Å². The number of rotatable bonds is 5. The summed E-state index contributed by atoms with van der Waals surface area (Å²) in [5, 5.41) is 15.0. The number of aromatic nitrogens is 3. The lowest BCUT2D eigenvalue weighted by atomic mass is 9.92. The van der Waals surface area contributed by atoms with Crippen LogP contribution < -0.4 is 0 Å². The molecule has 154 valence electrons. The first-order chi connectivity index (χ1) is 14.3. The molecule has 1 amide bonds. The van der Waals surface area contributed by atoms with Gasteiger partial charge in [-0.1, -0.05) is 24.3 Å². The van der Waals surface area contributed by atoms with Crippen molar-refractivity contribution in [2.24, 2.45) is 13.0 Å². The summed E-state index contributed by atoms with van der Waals surface area (Å²) in [7, 11) is 1.90. The predicted molar refractivity (Wildman–Crippen MR) is 115 cm³/mol. The van der Waals surface area contributed by atoms with E-state index in [0.29, 0.717) is 18.0 Å². The molecule has 0 bridgehead atoms. The molecular weight excluding hydrogens is 376 g/mol. The van der Waals surface area contributed by atoms with Crippen LogP contribution in [0.25, 0.3) is 22.3 Å². The fourth-order valence-corrected chi connectivity index (χ4v) is 4.74. The normalized spacial score (nSPS) is 17.3. The molecule has 0 saturated heterocycles. The zero-order valence-corrected chi connectivity index (χ0v) is 17.5. The largest absolute Gasteiger partial charge is 0.388 e. The van der Waals surface area contributed by atoms with E-state index in [9.17, 15) is 9.90 Å². The predicted octanol–water partition coefficient (Wildman–Crippen LogP) is 3.65. The van der Waals surface area contributed by atoms with Gasteiger partial charge in [0, 0.05) is 25.0 Å². The molecule has 1 N–H and O–H groups in total. The summed E-state index contributed by atoms with van der Waals surface area (Å²) in [6, 6.07) is 9.93. The molecule has 1 fully saturated rings. The van der Waals surface area contributed by atoms with Crippen LogP contribution in [0.15, 0.2) is 48.9 Å². The Kier molecular flexibility index (Phi) is 4.29. The number of benzene rings is 1. The Morgan fingerprint density at radius 3 is 2.40 bits per heavy atom. The maximum absolute atomic E-state index is 13.5. The average molecular weight is 402 g/mol. The van der Waals surface area contributed by atoms with Crippen LogP contribution in [0.1, 0.15) is 42.7 Å². The number of hydrogen-bond donors (Lipinski definition) is 1. The lowest BCUT2D eigenvalue weighted by molar-refractivity contribution is -0.0225. The number of pyridine rings is 1. The summed E-state index contributed by atoms with van der Waals surface area (Å²) < 4.78 is 1.78. The second-order valence-corrected chi connectivity index (χ2v) is 9.03. The van der Waals surface area contributed by atoms with Gasteiger partial charge in [-0.25, -0.2) is 0 Å². The molecule has 3 heterocycles. The third kappa shape index (κ3) is 3.21. The molecule has 2 aromatic heterocycles. The Hall–Kier alpha value is -2.99. The average Bonchev–Trinajstić information content (AvgIpc) is 3.35. The van der Waals surface area contributed by atoms with E-state index in [0.717, 1.165) is 40.8 Å². The van der Waals surface area contributed by atoms with Gasteiger partial charge < -0.3 is 10.0 Å². The maximum atomic E-state index is 13.5. The Morgan fingerprint density at radius 1 is 1.10 bits per heavy atom. The minimum atomic E-state index is -0.940. The Balaban J connectivity index is 1.49. The standard InChI is InChI=1S/C24H26N4O2/c1-24(2,30)22(17-8-9-17)28-14-20-21(23(28)29)19(10-11-25-20)16-6-4-15(5-7-16)18-12-26-27(3)13-18/h4-7,10-13,17,22,30H,8-9,14H2,1-3H3. The highest BCUT2D eigenvalue weighted by molar-refractivity contribution is 6.04. The van der Waals surface area contributed by atoms with E-state index in [-0.39, 0.29) is 11.9 Å². The number of aryl methyl sites for hydroxylation is 1. The van der Waals surface area contributed by atoms with Crippen molar-refractivity contribution in [3.8, 4) is 22.3 Å². The fraction of sp³-hybridized carbons (Fsp3) is 0.375. The van der Waals surface area contributed by atoms with Gasteiger partial charge in [0.05, 0.1) is 35.6 Å². The summed E-state index contributed by atoms with van der Waals surface area (Å²) in [5.41, 5.74) is 4.55. The zero-order chi connectivity index (χ0) is 21.0. The summed E-state index contributed by atoms with van der Waals surface area (Å²) in [6.07, 6.45) is 7.72. The maximum Gasteiger partial charge on any atom is 0.257 e. The van der Waals surface area contributed by atoms with Gasteiger partial charge in [-0.05, 0) is 55.4 Å². The highest BCUT2D eigenvalue weighted by atomic mass is 16.3. The third-order valence-electron chi connectivity index (χ3n) is 6.19. The smallest absolute Gasteiger partial charge is 0.257 e. The first kappa shape index (κ1) is 19.0. The number of fused-ring (bicyclic) bond motifs is 1. The van der Waals surface area contributed by atoms with Crippen LogP contribution in [0.2, 0.25) is 0 Å². The Labute approximate surface area is 176 Å². The first-order valence-electron chi connectivity index (χ1n) is 10.4. The number of nitrogens with zero attached hydrogens (tertiary/aromatic N) is 4. The van der Waals surface area contributed by atoms with Crippen LogP contribution in [0.3, 0.4) is 0 Å². The highest BCUT2D eigenvalue weighted by Crippen LogP contribution is 2.43. The van der Waals surface area contributed by atoms with E-state index in [4.69, 9.17) is 0 Å². The molecule has 6 nitrogen and oxygen atoms in total. The van der Waals surface area contributed by atoms with Gasteiger partial charge >= 0.3 is 0 Å². The summed E-state index contributed by atoms with van der Waals surface area (Å²) >= 11 is 0. The van der Waals surface area contributed by atoms with Crippen molar-refractivity contribution in [2.75, 3.05) is 0 Å². The second-order valence-electron chi connectivity index (χ2n) is 9.03. The van der Waals surface area contributed by atoms with E-state index in [1.54, 1.807) is 24.7 Å². The second kappa shape index (κ2) is 6.77. The van der Waals surface area contributed by atoms with Crippen molar-refractivity contribution < 1.29 is 9.90 Å². The zero-order valence-electron chi connectivity index (χ0n) is 17.5. The van der Waals surface area contributed by atoms with Crippen molar-refractivity contribution in [3.63, 3.8) is 0 Å². The van der Waals surface area contributed by atoms with Crippen molar-refractivity contribution >= 4 is 5.91 Å². The molecule has 1 aliphatic heterocycles. The van der Waals surface area contributed by atoms with Crippen LogP contribution in [0.5, 0.6) is 0 Å². The fourth-order valence-electron chi connectivity index (χ4n) is 4.74. The molecule has 1 atom stereocenters. The van der Waals surface area contributed by atoms with Crippen LogP contribution >= 0.6 is 0 Å². The molecular formula is C24H26N4O2. The van der Waals surface area contributed by atoms with E-state index >= 15 is 0 Å². The molecule has 5 rings (SSSR count). The van der Waals surface area contributed by atoms with E-state index in [1.807, 2.05) is 42.5 Å². The van der Waals surface area contributed by atoms with Gasteiger partial charge in [0.25, 0.3) is 5.91 Å². The van der Waals surface area contributed by atoms with Gasteiger partial charge in [-0.2, -0.15) is 5.10 Å². The molecule has 6 heteroatoms. The monoisotopic (exact) mass is 402 g/mol. The number of aliphatic hydroxyl groups is 1. The Bertz CT molecular complexity index is 1110. The third-order valence-corrected chi connectivity index (χ3v) is 6.19. The molecule has 1 aromatic carbocycles. The van der Waals surface area contributed by atoms with E-state index in [1.165, 1.54) is 0 Å². The van der Waals surface area contributed by atoms with E-state index in [2.05, 4.69) is 22.2 Å². The van der Waals surface area contributed by atoms with Gasteiger partial charge in [-0.3, -0.25) is 14.5 Å². The quantitative estimate of drug-likeness (QED) is 0.707. The SMILES string of the molecule is Cn1cc(-c2ccc(-c3ccnc4c3C(=O)N(C(C3CC3)C(C)(C)O)C4)cc2)cn1. The number of carbonyl (C=O) groups is 1. The molecule has 30 heavy (non-hydrogen) atoms. The molecule has 1 aliphatic carbocycles. The summed E-state index contributed by atoms with van der Waals surface area (Å²) in [6.45, 7) is 4.07. The number of hydrogen-bond acceptors (Lipinski definition) is 4. The van der Waals surface area contributed by atoms with Crippen LogP contribution in [0, 0.1) is 5.92 Å². The van der Waals surface area contributed by atoms with Gasteiger partial charge in [0.1, 0.15) is 0 Å². The topological polar surface area (TPSA) is 71.2 Å². The van der Waals surface area contributed by atoms with Gasteiger partial charge in [0.15, 0.2) is 0 Å². The van der Waals surface area contributed by atoms with Crippen molar-refractivity contribution in [1.82, 2.24) is 19.7 Å². The highest BCUT2D eigenvalue weighted by Gasteiger charge is 2.48. The lowest BCUT2D eigenvalue weighted by Crippen LogP contribution is -2.51. The van der Waals surface area contributed by atoms with Crippen molar-refractivity contribution in [1.29, 1.82) is 0 Å². The summed E-state index contributed by atoms with van der Waals surface area (Å²) in [4.78, 5) is 19.8. The molecule has 3 aromatic rings. The van der Waals surface area contributed by atoms with Crippen LogP contribution in [-0.2, 0) is 13.6 Å². The number of carbonyl (C=O) groups excluding carboxylic acids is 1. The molecule has 2 aliphatic rings. The first-order valence-corrected chi connectivity index (χ1v) is 10.4. The minimum Gasteiger partial charge on any atom is -0.388 e. The van der Waals surface area contributed by atoms with Gasteiger partial charge in [-0.15, -0.1) is 0 Å². The van der Waals surface area contributed by atoms with Crippen molar-refractivity contribution in [2.45, 2.75) is 44.9 Å². The Morgan fingerprint density at radius 2 is 1.80 bits per heavy atom. The van der Waals surface area contributed by atoms with Crippen LogP contribution in [0.4, 0.5) is 0 Å². The van der Waals surface area contributed by atoms with Crippen molar-refractivity contribution in [3.05, 3.63) is 60.2 Å². The molecule has 1 saturated carbocycles.